The third-order valence-electron chi connectivity index (χ3n) is 3.61. The number of halogens is 1. The Morgan fingerprint density at radius 1 is 1.25 bits per heavy atom. The van der Waals surface area contributed by atoms with Gasteiger partial charge in [0, 0.05) is 6.04 Å². The predicted molar refractivity (Wildman–Crippen MR) is 88.5 cm³/mol. The molecular formula is C17H26BrNO. The molecule has 1 aromatic rings. The van der Waals surface area contributed by atoms with E-state index in [9.17, 15) is 0 Å². The molecule has 0 atom stereocenters. The van der Waals surface area contributed by atoms with Crippen LogP contribution in [0.2, 0.25) is 0 Å². The molecule has 1 aliphatic rings. The molecule has 1 N–H and O–H groups in total. The number of nitrogens with one attached hydrogen (secondary N) is 1. The number of hydrogen-bond acceptors (Lipinski definition) is 2. The van der Waals surface area contributed by atoms with Crippen LogP contribution in [0.4, 0.5) is 0 Å². The zero-order chi connectivity index (χ0) is 14.2. The summed E-state index contributed by atoms with van der Waals surface area (Å²) >= 11 is 3.60. The van der Waals surface area contributed by atoms with Crippen LogP contribution in [0.1, 0.15) is 51.0 Å². The SMILES string of the molecule is CCCOc1ccc(CCCCCNC2CC2)cc1Br. The highest BCUT2D eigenvalue weighted by atomic mass is 79.9. The van der Waals surface area contributed by atoms with Crippen LogP contribution in [0.15, 0.2) is 22.7 Å². The molecule has 0 radical (unpaired) electrons. The van der Waals surface area contributed by atoms with Crippen molar-refractivity contribution in [2.45, 2.75) is 57.9 Å². The molecule has 0 spiro atoms. The van der Waals surface area contributed by atoms with Crippen molar-refractivity contribution >= 4 is 15.9 Å². The molecule has 1 aliphatic carbocycles. The van der Waals surface area contributed by atoms with Gasteiger partial charge < -0.3 is 10.1 Å². The minimum atomic E-state index is 0.784. The fourth-order valence-electron chi connectivity index (χ4n) is 2.25. The highest BCUT2D eigenvalue weighted by Crippen LogP contribution is 2.27. The van der Waals surface area contributed by atoms with E-state index in [0.29, 0.717) is 0 Å². The summed E-state index contributed by atoms with van der Waals surface area (Å²) in [5, 5.41) is 3.57. The predicted octanol–water partition coefficient (Wildman–Crippen LogP) is 4.70. The number of ether oxygens (including phenoxy) is 1. The first-order valence-electron chi connectivity index (χ1n) is 7.94. The van der Waals surface area contributed by atoms with Gasteiger partial charge in [0.05, 0.1) is 11.1 Å². The molecule has 2 rings (SSSR count). The average molecular weight is 340 g/mol. The van der Waals surface area contributed by atoms with Gasteiger partial charge in [0.25, 0.3) is 0 Å². The normalized spacial score (nSPS) is 14.5. The zero-order valence-electron chi connectivity index (χ0n) is 12.5. The molecule has 0 aliphatic heterocycles. The second-order valence-corrected chi connectivity index (χ2v) is 6.51. The second kappa shape index (κ2) is 8.68. The second-order valence-electron chi connectivity index (χ2n) is 5.65. The maximum absolute atomic E-state index is 5.67. The standard InChI is InChI=1S/C17H26BrNO/c1-2-12-20-17-10-7-14(13-16(17)18)6-4-3-5-11-19-15-8-9-15/h7,10,13,15,19H,2-6,8-9,11-12H2,1H3. The molecule has 1 aromatic carbocycles. The Balaban J connectivity index is 1.63. The molecule has 0 bridgehead atoms. The van der Waals surface area contributed by atoms with Gasteiger partial charge in [0.15, 0.2) is 0 Å². The van der Waals surface area contributed by atoms with Crippen molar-refractivity contribution in [2.24, 2.45) is 0 Å². The number of aryl methyl sites for hydroxylation is 1. The molecule has 112 valence electrons. The third kappa shape index (κ3) is 5.84. The lowest BCUT2D eigenvalue weighted by molar-refractivity contribution is 0.315. The van der Waals surface area contributed by atoms with E-state index in [1.807, 2.05) is 0 Å². The van der Waals surface area contributed by atoms with E-state index in [1.165, 1.54) is 44.2 Å². The van der Waals surface area contributed by atoms with Crippen LogP contribution in [-0.2, 0) is 6.42 Å². The van der Waals surface area contributed by atoms with Crippen LogP contribution in [0, 0.1) is 0 Å². The van der Waals surface area contributed by atoms with Crippen LogP contribution in [-0.4, -0.2) is 19.2 Å². The molecule has 3 heteroatoms. The highest BCUT2D eigenvalue weighted by Gasteiger charge is 2.19. The van der Waals surface area contributed by atoms with Crippen molar-refractivity contribution < 1.29 is 4.74 Å². The highest BCUT2D eigenvalue weighted by molar-refractivity contribution is 9.10. The molecule has 1 fully saturated rings. The Labute approximate surface area is 131 Å². The smallest absolute Gasteiger partial charge is 0.133 e. The number of hydrogen-bond donors (Lipinski definition) is 1. The van der Waals surface area contributed by atoms with E-state index in [4.69, 9.17) is 4.74 Å². The van der Waals surface area contributed by atoms with E-state index in [1.54, 1.807) is 0 Å². The van der Waals surface area contributed by atoms with Gasteiger partial charge >= 0.3 is 0 Å². The lowest BCUT2D eigenvalue weighted by Gasteiger charge is -2.09. The van der Waals surface area contributed by atoms with E-state index >= 15 is 0 Å². The molecule has 0 aromatic heterocycles. The molecule has 0 unspecified atom stereocenters. The van der Waals surface area contributed by atoms with Gasteiger partial charge in [-0.05, 0) is 78.7 Å². The summed E-state index contributed by atoms with van der Waals surface area (Å²) < 4.78 is 6.75. The summed E-state index contributed by atoms with van der Waals surface area (Å²) in [5.74, 6) is 0.962. The number of benzene rings is 1. The summed E-state index contributed by atoms with van der Waals surface area (Å²) in [6, 6.07) is 7.33. The van der Waals surface area contributed by atoms with E-state index in [0.717, 1.165) is 35.7 Å². The topological polar surface area (TPSA) is 21.3 Å². The third-order valence-corrected chi connectivity index (χ3v) is 4.23. The van der Waals surface area contributed by atoms with Crippen molar-refractivity contribution in [3.63, 3.8) is 0 Å². The summed E-state index contributed by atoms with van der Waals surface area (Å²) in [5.41, 5.74) is 1.40. The van der Waals surface area contributed by atoms with Gasteiger partial charge in [-0.1, -0.05) is 19.4 Å². The monoisotopic (exact) mass is 339 g/mol. The van der Waals surface area contributed by atoms with Gasteiger partial charge in [-0.25, -0.2) is 0 Å². The average Bonchev–Trinajstić information content (AvgIpc) is 3.26. The van der Waals surface area contributed by atoms with Crippen molar-refractivity contribution in [3.8, 4) is 5.75 Å². The lowest BCUT2D eigenvalue weighted by Crippen LogP contribution is -2.17. The lowest BCUT2D eigenvalue weighted by atomic mass is 10.1. The molecule has 0 amide bonds. The van der Waals surface area contributed by atoms with Crippen LogP contribution in [0.5, 0.6) is 5.75 Å². The van der Waals surface area contributed by atoms with Crippen molar-refractivity contribution in [3.05, 3.63) is 28.2 Å². The molecule has 0 saturated heterocycles. The van der Waals surface area contributed by atoms with Crippen LogP contribution in [0.3, 0.4) is 0 Å². The van der Waals surface area contributed by atoms with E-state index in [2.05, 4.69) is 46.4 Å². The Kier molecular flexibility index (Phi) is 6.88. The zero-order valence-corrected chi connectivity index (χ0v) is 14.0. The van der Waals surface area contributed by atoms with E-state index in [-0.39, 0.29) is 0 Å². The van der Waals surface area contributed by atoms with Crippen molar-refractivity contribution in [2.75, 3.05) is 13.2 Å². The first-order valence-corrected chi connectivity index (χ1v) is 8.73. The Hall–Kier alpha value is -0.540. The molecule has 20 heavy (non-hydrogen) atoms. The molecular weight excluding hydrogens is 314 g/mol. The minimum Gasteiger partial charge on any atom is -0.492 e. The van der Waals surface area contributed by atoms with Gasteiger partial charge in [-0.15, -0.1) is 0 Å². The Morgan fingerprint density at radius 3 is 2.80 bits per heavy atom. The molecule has 0 heterocycles. The Morgan fingerprint density at radius 2 is 2.10 bits per heavy atom. The van der Waals surface area contributed by atoms with Crippen molar-refractivity contribution in [1.82, 2.24) is 5.32 Å². The van der Waals surface area contributed by atoms with Gasteiger partial charge in [-0.3, -0.25) is 0 Å². The summed E-state index contributed by atoms with van der Waals surface area (Å²) in [6.07, 6.45) is 8.87. The van der Waals surface area contributed by atoms with Crippen LogP contribution in [0.25, 0.3) is 0 Å². The minimum absolute atomic E-state index is 0.784. The van der Waals surface area contributed by atoms with Gasteiger partial charge in [0.2, 0.25) is 0 Å². The maximum Gasteiger partial charge on any atom is 0.133 e. The first-order chi connectivity index (χ1) is 9.79. The van der Waals surface area contributed by atoms with Crippen LogP contribution >= 0.6 is 15.9 Å². The molecule has 2 nitrogen and oxygen atoms in total. The fraction of sp³-hybridized carbons (Fsp3) is 0.647. The first kappa shape index (κ1) is 15.8. The Bertz CT molecular complexity index is 404. The number of unbranched alkanes of at least 4 members (excludes halogenated alkanes) is 2. The summed E-state index contributed by atoms with van der Waals surface area (Å²) in [7, 11) is 0. The molecule has 1 saturated carbocycles. The van der Waals surface area contributed by atoms with Crippen molar-refractivity contribution in [1.29, 1.82) is 0 Å². The van der Waals surface area contributed by atoms with Crippen LogP contribution < -0.4 is 10.1 Å². The quantitative estimate of drug-likeness (QED) is 0.623. The maximum atomic E-state index is 5.67. The largest absolute Gasteiger partial charge is 0.492 e. The van der Waals surface area contributed by atoms with E-state index < -0.39 is 0 Å². The summed E-state index contributed by atoms with van der Waals surface area (Å²) in [4.78, 5) is 0. The van der Waals surface area contributed by atoms with Gasteiger partial charge in [-0.2, -0.15) is 0 Å². The number of rotatable bonds is 10. The van der Waals surface area contributed by atoms with Gasteiger partial charge in [0.1, 0.15) is 5.75 Å². The fourth-order valence-corrected chi connectivity index (χ4v) is 2.79. The summed E-state index contributed by atoms with van der Waals surface area (Å²) in [6.45, 7) is 4.10.